The van der Waals surface area contributed by atoms with Gasteiger partial charge in [-0.2, -0.15) is 4.31 Å². The van der Waals surface area contributed by atoms with Gasteiger partial charge >= 0.3 is 0 Å². The van der Waals surface area contributed by atoms with E-state index in [1.165, 1.54) is 4.31 Å². The van der Waals surface area contributed by atoms with Gasteiger partial charge in [-0.1, -0.05) is 23.7 Å². The molecule has 0 atom stereocenters. The second kappa shape index (κ2) is 6.82. The molecule has 3 aromatic heterocycles. The Morgan fingerprint density at radius 3 is 1.95 bits per heavy atom. The first-order valence-electron chi connectivity index (χ1n) is 6.36. The summed E-state index contributed by atoms with van der Waals surface area (Å²) in [5.41, 5.74) is 0. The van der Waals surface area contributed by atoms with Crippen LogP contribution in [-0.4, -0.2) is 12.7 Å². The maximum atomic E-state index is 12.9. The molecule has 3 heterocycles. The molecule has 22 heavy (non-hydrogen) atoms. The minimum Gasteiger partial charge on any atom is -0.206 e. The predicted octanol–water partition coefficient (Wildman–Crippen LogP) is 4.92. The smallest absolute Gasteiger partial charge is 0.206 e. The van der Waals surface area contributed by atoms with E-state index < -0.39 is 10.0 Å². The minimum absolute atomic E-state index is 0.283. The van der Waals surface area contributed by atoms with Gasteiger partial charge in [0.1, 0.15) is 4.21 Å². The zero-order chi connectivity index (χ0) is 15.6. The molecule has 0 aliphatic rings. The van der Waals surface area contributed by atoms with E-state index in [4.69, 9.17) is 11.6 Å². The summed E-state index contributed by atoms with van der Waals surface area (Å²) in [4.78, 5) is 2.03. The van der Waals surface area contributed by atoms with E-state index >= 15 is 0 Å². The fourth-order valence-corrected chi connectivity index (χ4v) is 6.58. The lowest BCUT2D eigenvalue weighted by Gasteiger charge is -2.20. The molecule has 0 fully saturated rings. The third kappa shape index (κ3) is 3.61. The molecule has 3 rings (SSSR count). The van der Waals surface area contributed by atoms with Crippen molar-refractivity contribution < 1.29 is 8.42 Å². The molecule has 8 heteroatoms. The fourth-order valence-electron chi connectivity index (χ4n) is 1.94. The van der Waals surface area contributed by atoms with Crippen molar-refractivity contribution >= 4 is 55.6 Å². The summed E-state index contributed by atoms with van der Waals surface area (Å²) >= 11 is 10.1. The monoisotopic (exact) mass is 389 g/mol. The van der Waals surface area contributed by atoms with Crippen molar-refractivity contribution in [1.29, 1.82) is 0 Å². The van der Waals surface area contributed by atoms with Crippen molar-refractivity contribution in [3.63, 3.8) is 0 Å². The Bertz CT molecular complexity index is 786. The first-order valence-corrected chi connectivity index (χ1v) is 10.8. The lowest BCUT2D eigenvalue weighted by Crippen LogP contribution is -2.29. The van der Waals surface area contributed by atoms with E-state index in [1.807, 2.05) is 35.0 Å². The highest BCUT2D eigenvalue weighted by Crippen LogP contribution is 2.30. The van der Waals surface area contributed by atoms with Crippen molar-refractivity contribution in [2.45, 2.75) is 17.3 Å². The minimum atomic E-state index is -3.55. The van der Waals surface area contributed by atoms with Crippen LogP contribution in [0.25, 0.3) is 0 Å². The van der Waals surface area contributed by atoms with Gasteiger partial charge in [-0.25, -0.2) is 8.42 Å². The number of hydrogen-bond acceptors (Lipinski definition) is 5. The Morgan fingerprint density at radius 2 is 1.55 bits per heavy atom. The molecule has 0 aromatic carbocycles. The number of sulfonamides is 1. The van der Waals surface area contributed by atoms with Crippen LogP contribution in [0, 0.1) is 0 Å². The SMILES string of the molecule is O=S(=O)(c1ccc(Cl)s1)N(Cc1cccs1)Cc1cccs1. The van der Waals surface area contributed by atoms with Crippen molar-refractivity contribution in [2.24, 2.45) is 0 Å². The van der Waals surface area contributed by atoms with Crippen LogP contribution in [0.4, 0.5) is 0 Å². The molecule has 0 aliphatic carbocycles. The van der Waals surface area contributed by atoms with Gasteiger partial charge < -0.3 is 0 Å². The molecule has 116 valence electrons. The van der Waals surface area contributed by atoms with Crippen LogP contribution in [0.5, 0.6) is 0 Å². The molecule has 0 N–H and O–H groups in total. The average molecular weight is 390 g/mol. The highest BCUT2D eigenvalue weighted by Gasteiger charge is 2.27. The molecule has 0 radical (unpaired) electrons. The third-order valence-electron chi connectivity index (χ3n) is 2.97. The van der Waals surface area contributed by atoms with Crippen molar-refractivity contribution in [3.05, 3.63) is 61.2 Å². The molecule has 3 nitrogen and oxygen atoms in total. The topological polar surface area (TPSA) is 37.4 Å². The fraction of sp³-hybridized carbons (Fsp3) is 0.143. The van der Waals surface area contributed by atoms with Gasteiger partial charge in [0, 0.05) is 22.8 Å². The molecule has 0 spiro atoms. The van der Waals surface area contributed by atoms with Crippen LogP contribution in [-0.2, 0) is 23.1 Å². The first kappa shape index (κ1) is 16.2. The summed E-state index contributed by atoms with van der Waals surface area (Å²) in [7, 11) is -3.55. The lowest BCUT2D eigenvalue weighted by atomic mass is 10.4. The average Bonchev–Trinajstić information content (AvgIpc) is 3.19. The Morgan fingerprint density at radius 1 is 0.955 bits per heavy atom. The number of thiophene rings is 3. The molecule has 0 saturated carbocycles. The zero-order valence-corrected chi connectivity index (χ0v) is 15.3. The van der Waals surface area contributed by atoms with E-state index in [-0.39, 0.29) is 4.21 Å². The number of nitrogens with zero attached hydrogens (tertiary/aromatic N) is 1. The van der Waals surface area contributed by atoms with Crippen LogP contribution in [0.1, 0.15) is 9.75 Å². The van der Waals surface area contributed by atoms with E-state index in [2.05, 4.69) is 0 Å². The molecule has 0 bridgehead atoms. The maximum absolute atomic E-state index is 12.9. The van der Waals surface area contributed by atoms with E-state index in [1.54, 1.807) is 34.8 Å². The number of halogens is 1. The predicted molar refractivity (Wildman–Crippen MR) is 94.4 cm³/mol. The number of hydrogen-bond donors (Lipinski definition) is 0. The Balaban J connectivity index is 1.93. The highest BCUT2D eigenvalue weighted by molar-refractivity contribution is 7.91. The largest absolute Gasteiger partial charge is 0.253 e. The van der Waals surface area contributed by atoms with Gasteiger partial charge in [-0.05, 0) is 35.0 Å². The third-order valence-corrected chi connectivity index (χ3v) is 8.18. The summed E-state index contributed by atoms with van der Waals surface area (Å²) < 4.78 is 28.0. The first-order chi connectivity index (χ1) is 10.6. The summed E-state index contributed by atoms with van der Waals surface area (Å²) in [6, 6.07) is 10.9. The van der Waals surface area contributed by atoms with Crippen LogP contribution in [0.15, 0.2) is 51.4 Å². The summed E-state index contributed by atoms with van der Waals surface area (Å²) in [6.07, 6.45) is 0. The molecule has 0 aliphatic heterocycles. The van der Waals surface area contributed by atoms with Crippen molar-refractivity contribution in [3.8, 4) is 0 Å². The zero-order valence-electron chi connectivity index (χ0n) is 11.3. The van der Waals surface area contributed by atoms with Gasteiger partial charge in [-0.3, -0.25) is 0 Å². The molecule has 0 unspecified atom stereocenters. The molecular weight excluding hydrogens is 378 g/mol. The Labute approximate surface area is 146 Å². The van der Waals surface area contributed by atoms with Crippen molar-refractivity contribution in [2.75, 3.05) is 0 Å². The molecule has 0 amide bonds. The van der Waals surface area contributed by atoms with Gasteiger partial charge in [0.2, 0.25) is 0 Å². The second-order valence-electron chi connectivity index (χ2n) is 4.49. The van der Waals surface area contributed by atoms with E-state index in [0.717, 1.165) is 21.1 Å². The normalized spacial score (nSPS) is 12.1. The van der Waals surface area contributed by atoms with E-state index in [9.17, 15) is 8.42 Å². The van der Waals surface area contributed by atoms with Crippen LogP contribution in [0.2, 0.25) is 4.34 Å². The van der Waals surface area contributed by atoms with Gasteiger partial charge in [0.05, 0.1) is 4.34 Å². The van der Waals surface area contributed by atoms with Gasteiger partial charge in [0.15, 0.2) is 0 Å². The van der Waals surface area contributed by atoms with Crippen molar-refractivity contribution in [1.82, 2.24) is 4.31 Å². The second-order valence-corrected chi connectivity index (χ2v) is 10.4. The quantitative estimate of drug-likeness (QED) is 0.600. The lowest BCUT2D eigenvalue weighted by molar-refractivity contribution is 0.408. The standard InChI is InChI=1S/C14H12ClNO2S4/c15-13-5-6-14(21-13)22(17,18)16(9-11-3-1-7-19-11)10-12-4-2-8-20-12/h1-8H,9-10H2. The van der Waals surface area contributed by atoms with Crippen LogP contribution < -0.4 is 0 Å². The van der Waals surface area contributed by atoms with Crippen LogP contribution in [0.3, 0.4) is 0 Å². The van der Waals surface area contributed by atoms with E-state index in [0.29, 0.717) is 17.4 Å². The Kier molecular flexibility index (Phi) is 5.01. The molecule has 0 saturated heterocycles. The maximum Gasteiger partial charge on any atom is 0.253 e. The highest BCUT2D eigenvalue weighted by atomic mass is 35.5. The Hall–Kier alpha value is -0.700. The summed E-state index contributed by atoms with van der Waals surface area (Å²) in [6.45, 7) is 0.737. The molecular formula is C14H12ClNO2S4. The van der Waals surface area contributed by atoms with Gasteiger partial charge in [0.25, 0.3) is 10.0 Å². The summed E-state index contributed by atoms with van der Waals surface area (Å²) in [5, 5.41) is 3.90. The van der Waals surface area contributed by atoms with Crippen LogP contribution >= 0.6 is 45.6 Å². The molecule has 3 aromatic rings. The number of rotatable bonds is 6. The summed E-state index contributed by atoms with van der Waals surface area (Å²) in [5.74, 6) is 0. The van der Waals surface area contributed by atoms with Gasteiger partial charge in [-0.15, -0.1) is 34.0 Å².